The van der Waals surface area contributed by atoms with Crippen LogP contribution in [0.15, 0.2) is 60.9 Å². The molecule has 0 fully saturated rings. The molecule has 3 rings (SSSR count). The lowest BCUT2D eigenvalue weighted by atomic mass is 10.2. The van der Waals surface area contributed by atoms with Crippen LogP contribution in [-0.2, 0) is 4.79 Å². The number of nitrogens with zero attached hydrogens (tertiary/aromatic N) is 2. The maximum atomic E-state index is 13.3. The van der Waals surface area contributed by atoms with Gasteiger partial charge in [0.25, 0.3) is 5.91 Å². The van der Waals surface area contributed by atoms with Gasteiger partial charge in [0.2, 0.25) is 5.91 Å². The van der Waals surface area contributed by atoms with Crippen LogP contribution in [0.4, 0.5) is 15.8 Å². The molecule has 0 spiro atoms. The van der Waals surface area contributed by atoms with Gasteiger partial charge in [-0.15, -0.1) is 0 Å². The van der Waals surface area contributed by atoms with Crippen LogP contribution in [0.1, 0.15) is 17.3 Å². The number of benzene rings is 2. The highest BCUT2D eigenvalue weighted by atomic mass is 19.1. The van der Waals surface area contributed by atoms with E-state index in [-0.39, 0.29) is 23.2 Å². The van der Waals surface area contributed by atoms with E-state index in [0.717, 1.165) is 0 Å². The summed E-state index contributed by atoms with van der Waals surface area (Å²) in [6.07, 6.45) is 2.77. The van der Waals surface area contributed by atoms with Crippen LogP contribution in [-0.4, -0.2) is 21.8 Å². The summed E-state index contributed by atoms with van der Waals surface area (Å²) >= 11 is 0. The molecule has 0 aliphatic carbocycles. The third kappa shape index (κ3) is 4.27. The van der Waals surface area contributed by atoms with E-state index in [1.165, 1.54) is 31.5 Å². The summed E-state index contributed by atoms with van der Waals surface area (Å²) in [6.45, 7) is 1.42. The van der Waals surface area contributed by atoms with Gasteiger partial charge in [-0.25, -0.2) is 14.4 Å². The molecule has 26 heavy (non-hydrogen) atoms. The van der Waals surface area contributed by atoms with Crippen molar-refractivity contribution in [1.29, 1.82) is 0 Å². The summed E-state index contributed by atoms with van der Waals surface area (Å²) in [5.74, 6) is -0.586. The number of hydrogen-bond acceptors (Lipinski definition) is 4. The highest BCUT2D eigenvalue weighted by molar-refractivity contribution is 6.04. The SMILES string of the molecule is CC(=O)Nc1ccc(NC(=O)c2cnc(-c3cccc(F)c3)nc2)cc1. The first kappa shape index (κ1) is 17.2. The van der Waals surface area contributed by atoms with Gasteiger partial charge in [-0.1, -0.05) is 12.1 Å². The second kappa shape index (κ2) is 7.52. The number of rotatable bonds is 4. The molecule has 1 heterocycles. The molecule has 2 aromatic carbocycles. The first-order chi connectivity index (χ1) is 12.5. The summed E-state index contributed by atoms with van der Waals surface area (Å²) in [6, 6.07) is 12.6. The standard InChI is InChI=1S/C19H15FN4O2/c1-12(25)23-16-5-7-17(8-6-16)24-19(26)14-10-21-18(22-11-14)13-3-2-4-15(20)9-13/h2-11H,1H3,(H,23,25)(H,24,26). The Hall–Kier alpha value is -3.61. The van der Waals surface area contributed by atoms with E-state index < -0.39 is 0 Å². The van der Waals surface area contributed by atoms with Crippen LogP contribution < -0.4 is 10.6 Å². The van der Waals surface area contributed by atoms with E-state index in [9.17, 15) is 14.0 Å². The van der Waals surface area contributed by atoms with Crippen molar-refractivity contribution >= 4 is 23.2 Å². The third-order valence-electron chi connectivity index (χ3n) is 3.46. The second-order valence-corrected chi connectivity index (χ2v) is 5.52. The van der Waals surface area contributed by atoms with Crippen LogP contribution in [0, 0.1) is 5.82 Å². The summed E-state index contributed by atoms with van der Waals surface area (Å²) in [7, 11) is 0. The zero-order valence-electron chi connectivity index (χ0n) is 13.9. The Kier molecular flexibility index (Phi) is 4.98. The summed E-state index contributed by atoms with van der Waals surface area (Å²) in [5.41, 5.74) is 2.01. The second-order valence-electron chi connectivity index (χ2n) is 5.52. The van der Waals surface area contributed by atoms with Crippen LogP contribution in [0.25, 0.3) is 11.4 Å². The van der Waals surface area contributed by atoms with Gasteiger partial charge in [-0.2, -0.15) is 0 Å². The monoisotopic (exact) mass is 350 g/mol. The smallest absolute Gasteiger partial charge is 0.258 e. The lowest BCUT2D eigenvalue weighted by Crippen LogP contribution is -2.13. The van der Waals surface area contributed by atoms with Gasteiger partial charge < -0.3 is 10.6 Å². The Morgan fingerprint density at radius 1 is 0.923 bits per heavy atom. The Morgan fingerprint density at radius 3 is 2.12 bits per heavy atom. The van der Waals surface area contributed by atoms with Crippen molar-refractivity contribution in [2.75, 3.05) is 10.6 Å². The largest absolute Gasteiger partial charge is 0.326 e. The minimum Gasteiger partial charge on any atom is -0.326 e. The minimum absolute atomic E-state index is 0.169. The van der Waals surface area contributed by atoms with Crippen molar-refractivity contribution < 1.29 is 14.0 Å². The number of halogens is 1. The Balaban J connectivity index is 1.69. The van der Waals surface area contributed by atoms with E-state index in [4.69, 9.17) is 0 Å². The van der Waals surface area contributed by atoms with Crippen molar-refractivity contribution in [3.63, 3.8) is 0 Å². The van der Waals surface area contributed by atoms with Gasteiger partial charge in [-0.3, -0.25) is 9.59 Å². The van der Waals surface area contributed by atoms with Gasteiger partial charge in [0, 0.05) is 36.3 Å². The number of nitrogens with one attached hydrogen (secondary N) is 2. The number of carbonyl (C=O) groups excluding carboxylic acids is 2. The average Bonchev–Trinajstić information content (AvgIpc) is 2.63. The van der Waals surface area contributed by atoms with Crippen LogP contribution in [0.3, 0.4) is 0 Å². The molecule has 0 radical (unpaired) electrons. The lowest BCUT2D eigenvalue weighted by molar-refractivity contribution is -0.114. The highest BCUT2D eigenvalue weighted by Crippen LogP contribution is 2.17. The Labute approximate surface area is 149 Å². The van der Waals surface area contributed by atoms with Crippen LogP contribution >= 0.6 is 0 Å². The van der Waals surface area contributed by atoms with Crippen molar-refractivity contribution in [2.24, 2.45) is 0 Å². The van der Waals surface area contributed by atoms with Crippen LogP contribution in [0.5, 0.6) is 0 Å². The van der Waals surface area contributed by atoms with Crippen molar-refractivity contribution in [3.05, 3.63) is 72.3 Å². The highest BCUT2D eigenvalue weighted by Gasteiger charge is 2.09. The number of hydrogen-bond donors (Lipinski definition) is 2. The van der Waals surface area contributed by atoms with Crippen molar-refractivity contribution in [1.82, 2.24) is 9.97 Å². The van der Waals surface area contributed by atoms with Gasteiger partial charge in [0.05, 0.1) is 5.56 Å². The maximum Gasteiger partial charge on any atom is 0.258 e. The average molecular weight is 350 g/mol. The van der Waals surface area contributed by atoms with E-state index in [0.29, 0.717) is 22.8 Å². The fourth-order valence-corrected chi connectivity index (χ4v) is 2.27. The molecule has 3 aromatic rings. The van der Waals surface area contributed by atoms with Gasteiger partial charge in [-0.05, 0) is 36.4 Å². The quantitative estimate of drug-likeness (QED) is 0.754. The summed E-state index contributed by atoms with van der Waals surface area (Å²) < 4.78 is 13.3. The van der Waals surface area contributed by atoms with Crippen molar-refractivity contribution in [2.45, 2.75) is 6.92 Å². The van der Waals surface area contributed by atoms with E-state index in [1.54, 1.807) is 36.4 Å². The predicted octanol–water partition coefficient (Wildman–Crippen LogP) is 3.49. The molecule has 0 aliphatic rings. The molecule has 130 valence electrons. The first-order valence-corrected chi connectivity index (χ1v) is 7.78. The molecular formula is C19H15FN4O2. The van der Waals surface area contributed by atoms with Gasteiger partial charge in [0.1, 0.15) is 5.82 Å². The molecule has 2 N–H and O–H groups in total. The number of anilines is 2. The molecule has 6 nitrogen and oxygen atoms in total. The summed E-state index contributed by atoms with van der Waals surface area (Å²) in [5, 5.41) is 5.36. The molecule has 0 unspecified atom stereocenters. The molecule has 1 aromatic heterocycles. The zero-order valence-corrected chi connectivity index (χ0v) is 13.9. The van der Waals surface area contributed by atoms with Crippen LogP contribution in [0.2, 0.25) is 0 Å². The molecule has 0 bridgehead atoms. The lowest BCUT2D eigenvalue weighted by Gasteiger charge is -2.07. The fraction of sp³-hybridized carbons (Fsp3) is 0.0526. The summed E-state index contributed by atoms with van der Waals surface area (Å²) in [4.78, 5) is 31.5. The Morgan fingerprint density at radius 2 is 1.54 bits per heavy atom. The van der Waals surface area contributed by atoms with E-state index >= 15 is 0 Å². The molecule has 0 saturated carbocycles. The third-order valence-corrected chi connectivity index (χ3v) is 3.46. The molecular weight excluding hydrogens is 335 g/mol. The van der Waals surface area contributed by atoms with Gasteiger partial charge in [0.15, 0.2) is 5.82 Å². The predicted molar refractivity (Wildman–Crippen MR) is 96.1 cm³/mol. The number of aromatic nitrogens is 2. The zero-order chi connectivity index (χ0) is 18.5. The van der Waals surface area contributed by atoms with Gasteiger partial charge >= 0.3 is 0 Å². The normalized spacial score (nSPS) is 10.2. The molecule has 7 heteroatoms. The molecule has 0 saturated heterocycles. The Bertz CT molecular complexity index is 941. The fourth-order valence-electron chi connectivity index (χ4n) is 2.27. The topological polar surface area (TPSA) is 84.0 Å². The van der Waals surface area contributed by atoms with Crippen molar-refractivity contribution in [3.8, 4) is 11.4 Å². The minimum atomic E-state index is -0.379. The first-order valence-electron chi connectivity index (χ1n) is 7.78. The molecule has 0 atom stereocenters. The number of amides is 2. The molecule has 0 aliphatic heterocycles. The van der Waals surface area contributed by atoms with E-state index in [2.05, 4.69) is 20.6 Å². The number of carbonyl (C=O) groups is 2. The van der Waals surface area contributed by atoms with E-state index in [1.807, 2.05) is 0 Å². The molecule has 2 amide bonds. The maximum absolute atomic E-state index is 13.3.